The van der Waals surface area contributed by atoms with E-state index in [0.717, 1.165) is 51.5 Å². The molecule has 2 amide bonds. The molecule has 6 fully saturated rings. The van der Waals surface area contributed by atoms with Gasteiger partial charge in [-0.2, -0.15) is 5.06 Å². The molecule has 0 aromatic heterocycles. The van der Waals surface area contributed by atoms with Crippen LogP contribution in [0.2, 0.25) is 0 Å². The van der Waals surface area contributed by atoms with Gasteiger partial charge in [-0.15, -0.1) is 0 Å². The molecular formula is C34H60N4O4. The molecule has 3 N–H and O–H groups in total. The first kappa shape index (κ1) is 32.2. The number of nitrogens with zero attached hydrogens (tertiary/aromatic N) is 2. The largest absolute Gasteiger partial charge is 0.394 e. The summed E-state index contributed by atoms with van der Waals surface area (Å²) in [4.78, 5) is 35.4. The minimum Gasteiger partial charge on any atom is -0.394 e. The Balaban J connectivity index is 1.25. The van der Waals surface area contributed by atoms with Crippen LogP contribution in [0.3, 0.4) is 0 Å². The first-order chi connectivity index (χ1) is 20.0. The molecule has 42 heavy (non-hydrogen) atoms. The standard InChI is InChI=1S/C34H60N4O4/c1-8-27-30(19-39)42-38(31(27)33(41)36-29-17-25-16-28(20(29)2)34(25,3)4)18-21-10-9-11-22(12-21)23-13-24(32(40)35-5)15-26(14-23)37(6)7/h20-31,39H,8-19H2,1-7H3,(H,35,40)(H,36,41)/t20-,21?,22?,23?,24?,25+,26?,27-,28-,29-,30-,31-/m0/s1. The maximum absolute atomic E-state index is 14.0. The van der Waals surface area contributed by atoms with E-state index in [1.54, 1.807) is 7.05 Å². The molecule has 5 unspecified atom stereocenters. The maximum atomic E-state index is 14.0. The zero-order valence-corrected chi connectivity index (χ0v) is 27.5. The molecule has 0 aromatic rings. The van der Waals surface area contributed by atoms with Gasteiger partial charge in [0.15, 0.2) is 0 Å². The quantitative estimate of drug-likeness (QED) is 0.376. The Morgan fingerprint density at radius 2 is 1.79 bits per heavy atom. The lowest BCUT2D eigenvalue weighted by Crippen LogP contribution is -2.62. The third kappa shape index (κ3) is 6.16. The van der Waals surface area contributed by atoms with E-state index in [1.807, 2.05) is 5.06 Å². The van der Waals surface area contributed by atoms with Crippen molar-refractivity contribution < 1.29 is 19.5 Å². The highest BCUT2D eigenvalue weighted by Gasteiger charge is 2.57. The number of aliphatic hydroxyl groups is 1. The number of hydroxylamine groups is 2. The molecule has 12 atom stereocenters. The molecule has 2 bridgehead atoms. The number of hydrogen-bond donors (Lipinski definition) is 3. The zero-order valence-electron chi connectivity index (χ0n) is 27.5. The molecule has 1 saturated heterocycles. The molecule has 5 aliphatic carbocycles. The second-order valence-corrected chi connectivity index (χ2v) is 15.7. The lowest BCUT2D eigenvalue weighted by atomic mass is 9.45. The number of carbonyl (C=O) groups excluding carboxylic acids is 2. The van der Waals surface area contributed by atoms with Crippen molar-refractivity contribution >= 4 is 11.8 Å². The summed E-state index contributed by atoms with van der Waals surface area (Å²) in [7, 11) is 6.05. The Hall–Kier alpha value is -1.22. The predicted molar refractivity (Wildman–Crippen MR) is 165 cm³/mol. The number of rotatable bonds is 9. The molecule has 1 aliphatic heterocycles. The van der Waals surface area contributed by atoms with Crippen molar-refractivity contribution in [2.75, 3.05) is 34.3 Å². The van der Waals surface area contributed by atoms with Crippen LogP contribution in [0.15, 0.2) is 0 Å². The van der Waals surface area contributed by atoms with E-state index < -0.39 is 0 Å². The summed E-state index contributed by atoms with van der Waals surface area (Å²) >= 11 is 0. The minimum absolute atomic E-state index is 0.00762. The molecule has 0 radical (unpaired) electrons. The van der Waals surface area contributed by atoms with Gasteiger partial charge in [-0.3, -0.25) is 14.4 Å². The lowest BCUT2D eigenvalue weighted by Gasteiger charge is -2.62. The van der Waals surface area contributed by atoms with Gasteiger partial charge < -0.3 is 20.6 Å². The summed E-state index contributed by atoms with van der Waals surface area (Å²) in [5, 5.41) is 18.6. The third-order valence-corrected chi connectivity index (χ3v) is 13.1. The van der Waals surface area contributed by atoms with Crippen molar-refractivity contribution in [1.29, 1.82) is 0 Å². The van der Waals surface area contributed by atoms with Crippen LogP contribution in [0.5, 0.6) is 0 Å². The van der Waals surface area contributed by atoms with Crippen molar-refractivity contribution in [2.24, 2.45) is 52.8 Å². The number of hydrogen-bond acceptors (Lipinski definition) is 6. The van der Waals surface area contributed by atoms with Gasteiger partial charge >= 0.3 is 0 Å². The van der Waals surface area contributed by atoms with Crippen LogP contribution < -0.4 is 10.6 Å². The van der Waals surface area contributed by atoms with Crippen LogP contribution >= 0.6 is 0 Å². The summed E-state index contributed by atoms with van der Waals surface area (Å²) < 4.78 is 0. The van der Waals surface area contributed by atoms with Gasteiger partial charge in [-0.25, -0.2) is 0 Å². The number of aliphatic hydroxyl groups excluding tert-OH is 1. The fourth-order valence-corrected chi connectivity index (χ4v) is 10.2. The highest BCUT2D eigenvalue weighted by molar-refractivity contribution is 5.82. The van der Waals surface area contributed by atoms with Crippen LogP contribution in [0.1, 0.15) is 91.9 Å². The number of carbonyl (C=O) groups is 2. The molecule has 6 rings (SSSR count). The number of nitrogens with one attached hydrogen (secondary N) is 2. The fourth-order valence-electron chi connectivity index (χ4n) is 10.2. The Labute approximate surface area is 255 Å². The summed E-state index contributed by atoms with van der Waals surface area (Å²) in [5.41, 5.74) is 0.389. The lowest BCUT2D eigenvalue weighted by molar-refractivity contribution is -0.184. The molecule has 1 heterocycles. The maximum Gasteiger partial charge on any atom is 0.240 e. The molecule has 0 aromatic carbocycles. The molecule has 240 valence electrons. The Morgan fingerprint density at radius 3 is 2.40 bits per heavy atom. The van der Waals surface area contributed by atoms with Crippen molar-refractivity contribution in [2.45, 2.75) is 116 Å². The summed E-state index contributed by atoms with van der Waals surface area (Å²) in [6.45, 7) is 9.92. The van der Waals surface area contributed by atoms with E-state index in [2.05, 4.69) is 57.3 Å². The van der Waals surface area contributed by atoms with Crippen molar-refractivity contribution in [3.8, 4) is 0 Å². The third-order valence-electron chi connectivity index (χ3n) is 13.1. The van der Waals surface area contributed by atoms with Gasteiger partial charge in [0.1, 0.15) is 12.1 Å². The Morgan fingerprint density at radius 1 is 1.02 bits per heavy atom. The van der Waals surface area contributed by atoms with Gasteiger partial charge in [-0.05, 0) is 106 Å². The van der Waals surface area contributed by atoms with E-state index >= 15 is 0 Å². The smallest absolute Gasteiger partial charge is 0.240 e. The average Bonchev–Trinajstić information content (AvgIpc) is 3.34. The first-order valence-electron chi connectivity index (χ1n) is 17.2. The molecule has 0 spiro atoms. The van der Waals surface area contributed by atoms with Crippen molar-refractivity contribution in [1.82, 2.24) is 20.6 Å². The zero-order chi connectivity index (χ0) is 30.3. The summed E-state index contributed by atoms with van der Waals surface area (Å²) in [6, 6.07) is 0.317. The molecular weight excluding hydrogens is 528 g/mol. The normalized spacial score (nSPS) is 43.5. The Kier molecular flexibility index (Phi) is 9.98. The van der Waals surface area contributed by atoms with Crippen LogP contribution in [0.4, 0.5) is 0 Å². The Bertz CT molecular complexity index is 958. The predicted octanol–water partition coefficient (Wildman–Crippen LogP) is 4.08. The summed E-state index contributed by atoms with van der Waals surface area (Å²) in [5.74, 6) is 3.82. The van der Waals surface area contributed by atoms with Gasteiger partial charge in [0, 0.05) is 37.5 Å². The molecule has 5 saturated carbocycles. The van der Waals surface area contributed by atoms with Crippen molar-refractivity contribution in [3.63, 3.8) is 0 Å². The topological polar surface area (TPSA) is 94.1 Å². The fraction of sp³-hybridized carbons (Fsp3) is 0.941. The highest BCUT2D eigenvalue weighted by Crippen LogP contribution is 2.61. The second-order valence-electron chi connectivity index (χ2n) is 15.7. The van der Waals surface area contributed by atoms with E-state index in [-0.39, 0.29) is 48.4 Å². The second kappa shape index (κ2) is 13.0. The molecule has 8 heteroatoms. The van der Waals surface area contributed by atoms with Gasteiger partial charge in [0.05, 0.1) is 6.61 Å². The molecule has 6 aliphatic rings. The number of fused-ring (bicyclic) bond motifs is 2. The van der Waals surface area contributed by atoms with Crippen LogP contribution in [0, 0.1) is 52.8 Å². The van der Waals surface area contributed by atoms with E-state index in [1.165, 1.54) is 19.3 Å². The van der Waals surface area contributed by atoms with Crippen molar-refractivity contribution in [3.05, 3.63) is 0 Å². The van der Waals surface area contributed by atoms with Gasteiger partial charge in [0.25, 0.3) is 0 Å². The molecule has 8 nitrogen and oxygen atoms in total. The van der Waals surface area contributed by atoms with Gasteiger partial charge in [0.2, 0.25) is 11.8 Å². The minimum atomic E-state index is -0.351. The number of amides is 2. The van der Waals surface area contributed by atoms with Crippen LogP contribution in [0.25, 0.3) is 0 Å². The van der Waals surface area contributed by atoms with Gasteiger partial charge in [-0.1, -0.05) is 40.5 Å². The van der Waals surface area contributed by atoms with E-state index in [0.29, 0.717) is 47.0 Å². The average molecular weight is 589 g/mol. The monoisotopic (exact) mass is 588 g/mol. The van der Waals surface area contributed by atoms with Crippen LogP contribution in [-0.4, -0.2) is 85.4 Å². The summed E-state index contributed by atoms with van der Waals surface area (Å²) in [6.07, 6.45) is 10.6. The SMILES string of the molecule is CC[C@H]1[C@H](CO)ON(CC2CCCC(C3CC(C(=O)NC)CC(N(C)C)C3)C2)[C@@H]1C(=O)N[C@H]1C[C@H]2C[C@@H]([C@@H]1C)C2(C)C. The first-order valence-corrected chi connectivity index (χ1v) is 17.2. The van der Waals surface area contributed by atoms with E-state index in [4.69, 9.17) is 4.84 Å². The van der Waals surface area contributed by atoms with E-state index in [9.17, 15) is 14.7 Å². The highest BCUT2D eigenvalue weighted by atomic mass is 16.7. The van der Waals surface area contributed by atoms with Crippen LogP contribution in [-0.2, 0) is 14.4 Å².